The molecule has 0 saturated heterocycles. The molecule has 2 aromatic heterocycles. The number of phenols is 1. The van der Waals surface area contributed by atoms with Gasteiger partial charge in [0.05, 0.1) is 25.0 Å². The number of rotatable bonds is 7. The number of benzene rings is 7. The summed E-state index contributed by atoms with van der Waals surface area (Å²) in [6.07, 6.45) is 1.30. The molecule has 5 heteroatoms. The Morgan fingerprint density at radius 1 is 0.514 bits per heavy atom. The van der Waals surface area contributed by atoms with Crippen LogP contribution in [0.2, 0.25) is 0 Å². The van der Waals surface area contributed by atoms with E-state index in [-0.39, 0.29) is 54.3 Å². The van der Waals surface area contributed by atoms with Gasteiger partial charge in [-0.05, 0) is 103 Å². The number of aromatic hydroxyl groups is 1. The largest absolute Gasteiger partial charge is 0.507 e. The predicted octanol–water partition coefficient (Wildman–Crippen LogP) is 18.7. The number of para-hydroxylation sites is 1. The second kappa shape index (κ2) is 19.7. The van der Waals surface area contributed by atoms with Crippen LogP contribution in [0, 0.1) is 12.9 Å². The summed E-state index contributed by atoms with van der Waals surface area (Å²) in [6.45, 7) is -10.9. The third-order valence-electron chi connectivity index (χ3n) is 13.3. The van der Waals surface area contributed by atoms with E-state index in [1.807, 2.05) is 90.1 Å². The van der Waals surface area contributed by atoms with E-state index in [0.29, 0.717) is 55.8 Å². The monoisotopic (exact) mass is 1180 g/mol. The number of nitrogens with zero attached hydrogens (tertiary/aromatic N) is 3. The van der Waals surface area contributed by atoms with Crippen molar-refractivity contribution in [1.82, 2.24) is 14.5 Å². The van der Waals surface area contributed by atoms with Gasteiger partial charge in [-0.1, -0.05) is 224 Å². The first-order chi connectivity index (χ1) is 43.7. The molecule has 0 aliphatic heterocycles. The van der Waals surface area contributed by atoms with Crippen molar-refractivity contribution < 1.29 is 57.7 Å². The molecule has 0 radical (unpaired) electrons. The van der Waals surface area contributed by atoms with Crippen molar-refractivity contribution in [2.24, 2.45) is 0 Å². The van der Waals surface area contributed by atoms with Crippen molar-refractivity contribution >= 4 is 11.0 Å². The average Bonchev–Trinajstić information content (AvgIpc) is 1.21. The number of hydrogen-bond donors (Lipinski definition) is 1. The van der Waals surface area contributed by atoms with Crippen molar-refractivity contribution in [2.75, 3.05) is 0 Å². The number of hydrogen-bond acceptors (Lipinski definition) is 3. The summed E-state index contributed by atoms with van der Waals surface area (Å²) in [6, 6.07) is 39.2. The van der Waals surface area contributed by atoms with Crippen molar-refractivity contribution in [1.29, 1.82) is 0 Å². The molecule has 0 aliphatic carbocycles. The van der Waals surface area contributed by atoms with Crippen LogP contribution in [-0.4, -0.2) is 19.6 Å². The molecule has 0 atom stereocenters. The average molecular weight is 1180 g/mol. The van der Waals surface area contributed by atoms with Crippen LogP contribution in [0.4, 0.5) is 0 Å². The molecule has 0 amide bonds. The standard InChI is InChI=1S/C69H74N3O.Pt/c1-43-42-70-59(41-54(43)46-30-32-49(33-31-46)65(2,3)4)48-34-47(35-50(36-48)66(5,6)7)53-28-23-29-60-61(53)71-64(57-39-52(68(11,12)13)40-58(63(57)73)69(14,15)16)72(60)62-55(44-24-19-17-20-25-44)37-51(67(8,9)10)38-56(62)45-26-21-18-22-27-45;/h17-33,35-42,73H,1-16H3;/q-1;/i1D3,11D3,12D3,13D3,14D3,15D3,16D3,39D,40D;. The molecule has 7 aromatic carbocycles. The van der Waals surface area contributed by atoms with Crippen molar-refractivity contribution in [3.63, 3.8) is 0 Å². The Kier molecular flexibility index (Phi) is 8.40. The second-order valence-electron chi connectivity index (χ2n) is 22.0. The Morgan fingerprint density at radius 3 is 1.62 bits per heavy atom. The van der Waals surface area contributed by atoms with Crippen LogP contribution < -0.4 is 0 Å². The fourth-order valence-corrected chi connectivity index (χ4v) is 9.12. The summed E-state index contributed by atoms with van der Waals surface area (Å²) in [5.74, 6) is -2.48. The normalized spacial score (nSPS) is 18.3. The van der Waals surface area contributed by atoms with Gasteiger partial charge < -0.3 is 5.11 Å². The maximum atomic E-state index is 13.5. The van der Waals surface area contributed by atoms with Gasteiger partial charge in [0.15, 0.2) is 0 Å². The third kappa shape index (κ3) is 10.6. The van der Waals surface area contributed by atoms with E-state index in [0.717, 1.165) is 11.1 Å². The van der Waals surface area contributed by atoms with Crippen molar-refractivity contribution in [3.8, 4) is 78.6 Å². The first-order valence-corrected chi connectivity index (χ1v) is 24.1. The molecule has 1 N–H and O–H groups in total. The Balaban J connectivity index is 0.0000120. The molecule has 0 fully saturated rings. The van der Waals surface area contributed by atoms with Crippen LogP contribution in [0.15, 0.2) is 152 Å². The zero-order chi connectivity index (χ0) is 71.8. The minimum Gasteiger partial charge on any atom is -0.507 e. The Labute approximate surface area is 489 Å². The summed E-state index contributed by atoms with van der Waals surface area (Å²) in [5, 5.41) is 13.5. The molecule has 74 heavy (non-hydrogen) atoms. The third-order valence-corrected chi connectivity index (χ3v) is 13.3. The number of fused-ring (bicyclic) bond motifs is 1. The van der Waals surface area contributed by atoms with Crippen LogP contribution in [0.1, 0.15) is 168 Å². The summed E-state index contributed by atoms with van der Waals surface area (Å²) >= 11 is 0. The Morgan fingerprint density at radius 2 is 1.07 bits per heavy atom. The van der Waals surface area contributed by atoms with Crippen molar-refractivity contribution in [2.45, 2.75) is 137 Å². The van der Waals surface area contributed by atoms with Crippen LogP contribution >= 0.6 is 0 Å². The molecule has 0 unspecified atom stereocenters. The molecule has 2 heterocycles. The topological polar surface area (TPSA) is 50.9 Å². The molecule has 9 rings (SSSR count). The summed E-state index contributed by atoms with van der Waals surface area (Å²) in [4.78, 5) is 9.99. The van der Waals surface area contributed by atoms with Gasteiger partial charge in [0, 0.05) is 78.4 Å². The van der Waals surface area contributed by atoms with Gasteiger partial charge in [-0.3, -0.25) is 9.55 Å². The fraction of sp³-hybridized carbons (Fsp3) is 0.304. The van der Waals surface area contributed by atoms with Gasteiger partial charge in [0.2, 0.25) is 0 Å². The molecular formula is C69H74N3OPt-. The van der Waals surface area contributed by atoms with Gasteiger partial charge >= 0.3 is 0 Å². The van der Waals surface area contributed by atoms with Gasteiger partial charge in [0.25, 0.3) is 0 Å². The van der Waals surface area contributed by atoms with Gasteiger partial charge in [0.1, 0.15) is 11.6 Å². The zero-order valence-electron chi connectivity index (χ0n) is 65.9. The number of pyridine rings is 1. The summed E-state index contributed by atoms with van der Waals surface area (Å²) in [7, 11) is 0. The smallest absolute Gasteiger partial charge is 0.148 e. The second-order valence-corrected chi connectivity index (χ2v) is 22.0. The van der Waals surface area contributed by atoms with Gasteiger partial charge in [-0.25, -0.2) is 4.98 Å². The van der Waals surface area contributed by atoms with Gasteiger partial charge in [-0.2, -0.15) is 0 Å². The first kappa shape index (κ1) is 31.5. The maximum Gasteiger partial charge on any atom is 0.148 e. The molecule has 382 valence electrons. The van der Waals surface area contributed by atoms with Crippen LogP contribution in [0.25, 0.3) is 83.9 Å². The van der Waals surface area contributed by atoms with E-state index in [1.165, 1.54) is 10.8 Å². The fourth-order valence-electron chi connectivity index (χ4n) is 9.12. The summed E-state index contributed by atoms with van der Waals surface area (Å²) < 4.78 is 209. The molecule has 0 spiro atoms. The number of phenolic OH excluding ortho intramolecular Hbond substituents is 1. The zero-order valence-corrected chi connectivity index (χ0v) is 45.2. The first-order valence-electron chi connectivity index (χ1n) is 35.6. The van der Waals surface area contributed by atoms with E-state index in [2.05, 4.69) is 26.8 Å². The molecule has 0 saturated carbocycles. The van der Waals surface area contributed by atoms with Crippen molar-refractivity contribution in [3.05, 3.63) is 191 Å². The van der Waals surface area contributed by atoms with E-state index in [4.69, 9.17) is 38.8 Å². The molecule has 9 aromatic rings. The SMILES string of the molecule is [2H]c1c(-c2nc3c(-c4[c-]c(-c5cc(-c6ccc(C(C)(C)C)cc6)c(C([2H])([2H])[2H])cn5)cc(C(C)(C)C)c4)cccc3n2-c2c(-c3ccccc3)cc(C(C)(C)C)cc2-c2ccccc2)c(O)c(C(C([2H])([2H])[2H])(C([2H])([2H])[2H])C([2H])([2H])[2H])c([2H])c1C(C([2H])([2H])[2H])(C([2H])([2H])[2H])C([2H])([2H])[2H].[Pt]. The van der Waals surface area contributed by atoms with Gasteiger partial charge in [-0.15, -0.1) is 29.3 Å². The molecular weight excluding hydrogens is 1080 g/mol. The van der Waals surface area contributed by atoms with Crippen LogP contribution in [0.5, 0.6) is 5.75 Å². The molecule has 0 aliphatic rings. The minimum absolute atomic E-state index is 0. The number of imidazole rings is 1. The predicted molar refractivity (Wildman–Crippen MR) is 310 cm³/mol. The molecule has 4 nitrogen and oxygen atoms in total. The number of aryl methyl sites for hydroxylation is 1. The van der Waals surface area contributed by atoms with E-state index in [1.54, 1.807) is 84.9 Å². The van der Waals surface area contributed by atoms with E-state index >= 15 is 0 Å². The molecule has 0 bridgehead atoms. The minimum atomic E-state index is -4.50. The van der Waals surface area contributed by atoms with Crippen LogP contribution in [-0.2, 0) is 48.1 Å². The van der Waals surface area contributed by atoms with Crippen LogP contribution in [0.3, 0.4) is 0 Å². The van der Waals surface area contributed by atoms with E-state index < -0.39 is 110 Å². The summed E-state index contributed by atoms with van der Waals surface area (Å²) in [5.41, 5.74) is -8.86. The Hall–Kier alpha value is -6.35. The van der Waals surface area contributed by atoms with E-state index in [9.17, 15) is 7.85 Å². The maximum absolute atomic E-state index is 13.5. The number of aromatic nitrogens is 3. The Bertz CT molecular complexity index is 4230. The quantitative estimate of drug-likeness (QED) is 0.162.